The molecule has 0 bridgehead atoms. The summed E-state index contributed by atoms with van der Waals surface area (Å²) in [6.45, 7) is 3.19. The molecule has 2 aromatic rings. The minimum Gasteiger partial charge on any atom is -0.497 e. The maximum absolute atomic E-state index is 12.9. The number of ether oxygens (including phenoxy) is 2. The third-order valence-corrected chi connectivity index (χ3v) is 7.37. The molecule has 4 rings (SSSR count). The van der Waals surface area contributed by atoms with Gasteiger partial charge in [-0.1, -0.05) is 17.7 Å². The molecular weight excluding hydrogens is 414 g/mol. The molecule has 0 unspecified atom stereocenters. The minimum absolute atomic E-state index is 0.134. The summed E-state index contributed by atoms with van der Waals surface area (Å²) in [6, 6.07) is 13.2. The molecule has 2 aliphatic rings. The van der Waals surface area contributed by atoms with Crippen molar-refractivity contribution in [2.45, 2.75) is 24.6 Å². The van der Waals surface area contributed by atoms with Crippen LogP contribution in [0.25, 0.3) is 0 Å². The molecule has 2 heterocycles. The van der Waals surface area contributed by atoms with Gasteiger partial charge in [0.1, 0.15) is 11.5 Å². The largest absolute Gasteiger partial charge is 0.497 e. The lowest BCUT2D eigenvalue weighted by Crippen LogP contribution is -2.53. The van der Waals surface area contributed by atoms with Crippen LogP contribution in [-0.4, -0.2) is 54.8 Å². The van der Waals surface area contributed by atoms with Crippen LogP contribution in [0, 0.1) is 6.92 Å². The van der Waals surface area contributed by atoms with Gasteiger partial charge in [0, 0.05) is 42.7 Å². The number of rotatable bonds is 4. The number of benzene rings is 2. The highest BCUT2D eigenvalue weighted by atomic mass is 32.2. The number of anilines is 2. The van der Waals surface area contributed by atoms with Gasteiger partial charge in [-0.2, -0.15) is 0 Å². The number of aryl methyl sites for hydroxylation is 1. The highest BCUT2D eigenvalue weighted by molar-refractivity contribution is 8.02. The topological polar surface area (TPSA) is 71.1 Å². The molecule has 0 radical (unpaired) electrons. The fourth-order valence-corrected chi connectivity index (χ4v) is 5.46. The van der Waals surface area contributed by atoms with E-state index in [0.29, 0.717) is 36.0 Å². The number of nitrogens with one attached hydrogen (secondary N) is 1. The Bertz CT molecular complexity index is 949. The van der Waals surface area contributed by atoms with E-state index in [1.807, 2.05) is 36.1 Å². The van der Waals surface area contributed by atoms with Crippen LogP contribution in [0.3, 0.4) is 0 Å². The van der Waals surface area contributed by atoms with Crippen molar-refractivity contribution in [3.05, 3.63) is 48.0 Å². The lowest BCUT2D eigenvalue weighted by atomic mass is 10.0. The monoisotopic (exact) mass is 441 g/mol. The van der Waals surface area contributed by atoms with Gasteiger partial charge in [-0.05, 0) is 31.9 Å². The standard InChI is InChI=1S/C23H27N3O4S/c1-16-4-6-18(7-5-16)26-21(27)15-31-23(26)8-10-25(11-9-23)22(28)24-17-12-19(29-2)14-20(13-17)30-3/h4-7,12-14H,8-11,15H2,1-3H3,(H,24,28). The van der Waals surface area contributed by atoms with Gasteiger partial charge in [0.05, 0.1) is 24.8 Å². The SMILES string of the molecule is COc1cc(NC(=O)N2CCC3(CC2)SCC(=O)N3c2ccc(C)cc2)cc(OC)c1. The number of nitrogens with zero attached hydrogens (tertiary/aromatic N) is 2. The van der Waals surface area contributed by atoms with E-state index in [1.54, 1.807) is 49.1 Å². The van der Waals surface area contributed by atoms with Crippen LogP contribution >= 0.6 is 11.8 Å². The van der Waals surface area contributed by atoms with Gasteiger partial charge in [0.2, 0.25) is 5.91 Å². The van der Waals surface area contributed by atoms with Gasteiger partial charge in [-0.15, -0.1) is 11.8 Å². The first-order valence-electron chi connectivity index (χ1n) is 10.3. The van der Waals surface area contributed by atoms with Crippen molar-refractivity contribution in [2.24, 2.45) is 0 Å². The molecule has 7 nitrogen and oxygen atoms in total. The normalized spacial score (nSPS) is 17.7. The number of piperidine rings is 1. The Morgan fingerprint density at radius 3 is 2.23 bits per heavy atom. The van der Waals surface area contributed by atoms with Gasteiger partial charge < -0.3 is 19.7 Å². The van der Waals surface area contributed by atoms with Crippen LogP contribution < -0.4 is 19.7 Å². The van der Waals surface area contributed by atoms with Gasteiger partial charge in [-0.25, -0.2) is 4.79 Å². The summed E-state index contributed by atoms with van der Waals surface area (Å²) in [5.74, 6) is 1.84. The number of amides is 3. The number of carbonyl (C=O) groups excluding carboxylic acids is 2. The van der Waals surface area contributed by atoms with Crippen molar-refractivity contribution >= 4 is 35.1 Å². The molecule has 0 aliphatic carbocycles. The van der Waals surface area contributed by atoms with Crippen LogP contribution in [0.4, 0.5) is 16.2 Å². The van der Waals surface area contributed by atoms with Crippen LogP contribution in [-0.2, 0) is 4.79 Å². The van der Waals surface area contributed by atoms with Crippen LogP contribution in [0.5, 0.6) is 11.5 Å². The smallest absolute Gasteiger partial charge is 0.321 e. The summed E-state index contributed by atoms with van der Waals surface area (Å²) in [5, 5.41) is 2.94. The Kier molecular flexibility index (Phi) is 6.00. The predicted octanol–water partition coefficient (Wildman–Crippen LogP) is 4.12. The van der Waals surface area contributed by atoms with Gasteiger partial charge in [0.25, 0.3) is 0 Å². The first-order valence-corrected chi connectivity index (χ1v) is 11.3. The maximum Gasteiger partial charge on any atom is 0.321 e. The maximum atomic E-state index is 12.9. The van der Waals surface area contributed by atoms with Crippen molar-refractivity contribution in [2.75, 3.05) is 43.3 Å². The third kappa shape index (κ3) is 4.30. The van der Waals surface area contributed by atoms with Crippen LogP contribution in [0.1, 0.15) is 18.4 Å². The van der Waals surface area contributed by atoms with E-state index in [0.717, 1.165) is 24.1 Å². The van der Waals surface area contributed by atoms with Crippen molar-refractivity contribution in [3.8, 4) is 11.5 Å². The molecule has 164 valence electrons. The number of urea groups is 1. The number of thioether (sulfide) groups is 1. The first-order chi connectivity index (χ1) is 14.9. The predicted molar refractivity (Wildman–Crippen MR) is 123 cm³/mol. The Hall–Kier alpha value is -2.87. The quantitative estimate of drug-likeness (QED) is 0.773. The Morgan fingerprint density at radius 2 is 1.65 bits per heavy atom. The summed E-state index contributed by atoms with van der Waals surface area (Å²) in [4.78, 5) is 29.0. The van der Waals surface area contributed by atoms with Crippen LogP contribution in [0.15, 0.2) is 42.5 Å². The molecule has 0 aromatic heterocycles. The summed E-state index contributed by atoms with van der Waals surface area (Å²) in [6.07, 6.45) is 1.46. The van der Waals surface area contributed by atoms with Crippen molar-refractivity contribution in [1.29, 1.82) is 0 Å². The lowest BCUT2D eigenvalue weighted by Gasteiger charge is -2.43. The summed E-state index contributed by atoms with van der Waals surface area (Å²) >= 11 is 1.69. The van der Waals surface area contributed by atoms with Crippen LogP contribution in [0.2, 0.25) is 0 Å². The summed E-state index contributed by atoms with van der Waals surface area (Å²) in [5.41, 5.74) is 2.72. The van der Waals surface area contributed by atoms with E-state index in [2.05, 4.69) is 5.32 Å². The fourth-order valence-electron chi connectivity index (χ4n) is 4.13. The molecule has 8 heteroatoms. The van der Waals surface area contributed by atoms with E-state index in [1.165, 1.54) is 0 Å². The second kappa shape index (κ2) is 8.70. The number of hydrogen-bond acceptors (Lipinski definition) is 5. The Morgan fingerprint density at radius 1 is 1.03 bits per heavy atom. The molecule has 0 atom stereocenters. The van der Waals surface area contributed by atoms with Crippen molar-refractivity contribution in [3.63, 3.8) is 0 Å². The van der Waals surface area contributed by atoms with Gasteiger partial charge in [-0.3, -0.25) is 9.69 Å². The number of likely N-dealkylation sites (tertiary alicyclic amines) is 1. The molecule has 2 aromatic carbocycles. The molecule has 31 heavy (non-hydrogen) atoms. The highest BCUT2D eigenvalue weighted by Crippen LogP contribution is 2.46. The number of hydrogen-bond donors (Lipinski definition) is 1. The average Bonchev–Trinajstić information content (AvgIpc) is 3.10. The minimum atomic E-state index is -0.289. The molecule has 3 amide bonds. The van der Waals surface area contributed by atoms with Gasteiger partial charge >= 0.3 is 6.03 Å². The lowest BCUT2D eigenvalue weighted by molar-refractivity contribution is -0.116. The Balaban J connectivity index is 1.45. The number of carbonyl (C=O) groups is 2. The zero-order valence-electron chi connectivity index (χ0n) is 18.0. The average molecular weight is 442 g/mol. The van der Waals surface area contributed by atoms with Gasteiger partial charge in [0.15, 0.2) is 0 Å². The Labute approximate surface area is 186 Å². The number of methoxy groups -OCH3 is 2. The zero-order valence-corrected chi connectivity index (χ0v) is 18.8. The molecule has 1 N–H and O–H groups in total. The second-order valence-corrected chi connectivity index (χ2v) is 9.16. The van der Waals surface area contributed by atoms with Crippen molar-refractivity contribution < 1.29 is 19.1 Å². The van der Waals surface area contributed by atoms with E-state index in [4.69, 9.17) is 9.47 Å². The molecular formula is C23H27N3O4S. The zero-order chi connectivity index (χ0) is 22.0. The fraction of sp³-hybridized carbons (Fsp3) is 0.391. The van der Waals surface area contributed by atoms with E-state index >= 15 is 0 Å². The summed E-state index contributed by atoms with van der Waals surface area (Å²) < 4.78 is 10.5. The van der Waals surface area contributed by atoms with E-state index < -0.39 is 0 Å². The molecule has 2 saturated heterocycles. The second-order valence-electron chi connectivity index (χ2n) is 7.82. The van der Waals surface area contributed by atoms with E-state index in [-0.39, 0.29) is 16.8 Å². The highest BCUT2D eigenvalue weighted by Gasteiger charge is 2.49. The van der Waals surface area contributed by atoms with E-state index in [9.17, 15) is 9.59 Å². The molecule has 0 saturated carbocycles. The first kappa shape index (κ1) is 21.4. The molecule has 2 aliphatic heterocycles. The molecule has 2 fully saturated rings. The van der Waals surface area contributed by atoms with Crippen molar-refractivity contribution in [1.82, 2.24) is 4.90 Å². The molecule has 1 spiro atoms. The third-order valence-electron chi connectivity index (χ3n) is 5.85. The summed E-state index contributed by atoms with van der Waals surface area (Å²) in [7, 11) is 3.15.